The van der Waals surface area contributed by atoms with Crippen LogP contribution < -0.4 is 16.2 Å². The van der Waals surface area contributed by atoms with E-state index >= 15 is 0 Å². The van der Waals surface area contributed by atoms with Crippen LogP contribution in [0.25, 0.3) is 0 Å². The molecule has 0 aromatic carbocycles. The minimum absolute atomic E-state index is 0.159. The average molecular weight is 215 g/mol. The largest absolute Gasteiger partial charge is 0.498 e. The predicted molar refractivity (Wildman–Crippen MR) is 47.2 cm³/mol. The number of nitrogens with two attached hydrogens (primary N) is 1. The highest BCUT2D eigenvalue weighted by Crippen LogP contribution is 2.19. The summed E-state index contributed by atoms with van der Waals surface area (Å²) in [5.74, 6) is -0.689. The molecule has 7 nitrogen and oxygen atoms in total. The second-order valence-electron chi connectivity index (χ2n) is 3.45. The summed E-state index contributed by atoms with van der Waals surface area (Å²) in [5.41, 5.74) is 5.00. The Bertz CT molecular complexity index is 296. The number of urea groups is 1. The van der Waals surface area contributed by atoms with Crippen molar-refractivity contribution in [3.63, 3.8) is 0 Å². The standard InChI is InChI=1S/C8H13N3O4/c9-5-6(12)10-7(13)11(8(14)15)3-1-2-4-11/h1-5,9H2,(H-,10,12,13,14,15). The number of amides is 4. The number of carbonyl (C=O) groups excluding carboxylic acids is 3. The molecule has 84 valence electrons. The lowest BCUT2D eigenvalue weighted by molar-refractivity contribution is -0.787. The van der Waals surface area contributed by atoms with Crippen molar-refractivity contribution in [3.8, 4) is 0 Å². The predicted octanol–water partition coefficient (Wildman–Crippen LogP) is -1.86. The molecule has 1 aliphatic rings. The molecule has 0 radical (unpaired) electrons. The first-order valence-electron chi connectivity index (χ1n) is 4.66. The third kappa shape index (κ3) is 2.13. The Balaban J connectivity index is 2.77. The summed E-state index contributed by atoms with van der Waals surface area (Å²) in [7, 11) is 0. The molecule has 15 heavy (non-hydrogen) atoms. The molecule has 7 heteroatoms. The highest BCUT2D eigenvalue weighted by Gasteiger charge is 2.43. The van der Waals surface area contributed by atoms with Gasteiger partial charge in [0.15, 0.2) is 0 Å². The van der Waals surface area contributed by atoms with Gasteiger partial charge in [-0.1, -0.05) is 0 Å². The van der Waals surface area contributed by atoms with Gasteiger partial charge in [-0.2, -0.15) is 4.48 Å². The fraction of sp³-hybridized carbons (Fsp3) is 0.625. The number of carboxylic acid groups (broad SMARTS) is 1. The molecule has 0 bridgehead atoms. The fourth-order valence-corrected chi connectivity index (χ4v) is 1.62. The molecule has 4 amide bonds. The number of quaternary nitrogens is 1. The first-order chi connectivity index (χ1) is 7.03. The van der Waals surface area contributed by atoms with Crippen LogP contribution in [0, 0.1) is 0 Å². The minimum atomic E-state index is -1.48. The van der Waals surface area contributed by atoms with E-state index in [2.05, 4.69) is 0 Å². The van der Waals surface area contributed by atoms with Crippen LogP contribution in [0.1, 0.15) is 12.8 Å². The number of carbonyl (C=O) groups is 3. The van der Waals surface area contributed by atoms with E-state index in [1.165, 1.54) is 0 Å². The molecule has 0 aromatic heterocycles. The second-order valence-corrected chi connectivity index (χ2v) is 3.45. The Kier molecular flexibility index (Phi) is 3.38. The van der Waals surface area contributed by atoms with Crippen LogP contribution in [-0.4, -0.2) is 42.1 Å². The van der Waals surface area contributed by atoms with E-state index < -0.39 is 22.5 Å². The van der Waals surface area contributed by atoms with Gasteiger partial charge in [0, 0.05) is 12.8 Å². The van der Waals surface area contributed by atoms with Crippen molar-refractivity contribution < 1.29 is 24.0 Å². The van der Waals surface area contributed by atoms with Crippen molar-refractivity contribution in [1.82, 2.24) is 5.32 Å². The van der Waals surface area contributed by atoms with Gasteiger partial charge in [0.1, 0.15) is 0 Å². The van der Waals surface area contributed by atoms with Crippen LogP contribution in [0.15, 0.2) is 0 Å². The Hall–Kier alpha value is -1.47. The van der Waals surface area contributed by atoms with E-state index in [4.69, 9.17) is 5.73 Å². The van der Waals surface area contributed by atoms with Gasteiger partial charge in [-0.15, -0.1) is 0 Å². The van der Waals surface area contributed by atoms with E-state index in [9.17, 15) is 19.5 Å². The van der Waals surface area contributed by atoms with Gasteiger partial charge in [0.05, 0.1) is 19.6 Å². The molecule has 1 aliphatic heterocycles. The molecule has 3 N–H and O–H groups in total. The van der Waals surface area contributed by atoms with Gasteiger partial charge in [-0.3, -0.25) is 4.79 Å². The first kappa shape index (κ1) is 11.6. The number of rotatable bonds is 1. The smallest absolute Gasteiger partial charge is 0.429 e. The number of nitrogens with one attached hydrogen (secondary N) is 1. The maximum absolute atomic E-state index is 11.5. The van der Waals surface area contributed by atoms with Crippen LogP contribution in [0.3, 0.4) is 0 Å². The molecule has 0 aromatic rings. The van der Waals surface area contributed by atoms with Crippen LogP contribution in [-0.2, 0) is 4.79 Å². The van der Waals surface area contributed by atoms with Crippen LogP contribution in [0.4, 0.5) is 9.59 Å². The monoisotopic (exact) mass is 215 g/mol. The number of hydrogen-bond acceptors (Lipinski definition) is 5. The fourth-order valence-electron chi connectivity index (χ4n) is 1.62. The van der Waals surface area contributed by atoms with Gasteiger partial charge in [0.25, 0.3) is 6.09 Å². The Labute approximate surface area is 86.4 Å². The van der Waals surface area contributed by atoms with Crippen molar-refractivity contribution in [3.05, 3.63) is 0 Å². The molecule has 1 saturated heterocycles. The lowest BCUT2D eigenvalue weighted by Crippen LogP contribution is -2.64. The molecule has 1 heterocycles. The zero-order chi connectivity index (χ0) is 11.5. The van der Waals surface area contributed by atoms with Crippen LogP contribution in [0.2, 0.25) is 0 Å². The quantitative estimate of drug-likeness (QED) is 0.498. The third-order valence-electron chi connectivity index (χ3n) is 2.50. The summed E-state index contributed by atoms with van der Waals surface area (Å²) < 4.78 is -0.828. The molecule has 0 unspecified atom stereocenters. The lowest BCUT2D eigenvalue weighted by atomic mass is 10.4. The van der Waals surface area contributed by atoms with E-state index in [1.54, 1.807) is 0 Å². The van der Waals surface area contributed by atoms with E-state index in [0.29, 0.717) is 12.8 Å². The van der Waals surface area contributed by atoms with Crippen molar-refractivity contribution >= 4 is 18.0 Å². The second kappa shape index (κ2) is 4.37. The number of imide groups is 2. The molecule has 0 atom stereocenters. The summed E-state index contributed by atoms with van der Waals surface area (Å²) >= 11 is 0. The maximum atomic E-state index is 11.5. The highest BCUT2D eigenvalue weighted by molar-refractivity contribution is 5.95. The molecular weight excluding hydrogens is 202 g/mol. The van der Waals surface area contributed by atoms with Gasteiger partial charge in [-0.25, -0.2) is 10.1 Å². The van der Waals surface area contributed by atoms with Crippen LogP contribution in [0.5, 0.6) is 0 Å². The van der Waals surface area contributed by atoms with Crippen LogP contribution >= 0.6 is 0 Å². The van der Waals surface area contributed by atoms with Crippen molar-refractivity contribution in [2.24, 2.45) is 5.73 Å². The zero-order valence-corrected chi connectivity index (χ0v) is 8.19. The topological polar surface area (TPSA) is 112 Å². The molecule has 0 spiro atoms. The normalized spacial score (nSPS) is 18.5. The molecule has 0 saturated carbocycles. The van der Waals surface area contributed by atoms with E-state index in [0.717, 1.165) is 0 Å². The molecule has 0 aliphatic carbocycles. The molecule has 1 rings (SSSR count). The third-order valence-corrected chi connectivity index (χ3v) is 2.50. The molecular formula is C8H13N3O4. The number of likely N-dealkylation sites (tertiary alicyclic amines) is 1. The summed E-state index contributed by atoms with van der Waals surface area (Å²) in [6.45, 7) is -0.0309. The van der Waals surface area contributed by atoms with Gasteiger partial charge < -0.3 is 15.6 Å². The Morgan fingerprint density at radius 2 is 1.80 bits per heavy atom. The van der Waals surface area contributed by atoms with Gasteiger partial charge in [0.2, 0.25) is 5.91 Å². The molecule has 1 fully saturated rings. The van der Waals surface area contributed by atoms with E-state index in [-0.39, 0.29) is 19.6 Å². The van der Waals surface area contributed by atoms with Crippen molar-refractivity contribution in [2.75, 3.05) is 19.6 Å². The lowest BCUT2D eigenvalue weighted by Gasteiger charge is -2.29. The summed E-state index contributed by atoms with van der Waals surface area (Å²) in [6, 6.07) is -0.858. The summed E-state index contributed by atoms with van der Waals surface area (Å²) in [6.07, 6.45) is -0.231. The maximum Gasteiger partial charge on any atom is 0.429 e. The summed E-state index contributed by atoms with van der Waals surface area (Å²) in [5, 5.41) is 12.8. The number of nitrogens with zero attached hydrogens (tertiary/aromatic N) is 1. The van der Waals surface area contributed by atoms with E-state index in [1.807, 2.05) is 5.32 Å². The van der Waals surface area contributed by atoms with Crippen molar-refractivity contribution in [1.29, 1.82) is 0 Å². The number of hydrogen-bond donors (Lipinski definition) is 2. The summed E-state index contributed by atoms with van der Waals surface area (Å²) in [4.78, 5) is 33.3. The highest BCUT2D eigenvalue weighted by atomic mass is 16.4. The minimum Gasteiger partial charge on any atom is -0.498 e. The Morgan fingerprint density at radius 1 is 1.27 bits per heavy atom. The Morgan fingerprint density at radius 3 is 2.20 bits per heavy atom. The van der Waals surface area contributed by atoms with Gasteiger partial charge >= 0.3 is 6.03 Å². The average Bonchev–Trinajstić information content (AvgIpc) is 2.67. The first-order valence-corrected chi connectivity index (χ1v) is 4.66. The SMILES string of the molecule is NCC(=O)NC(=O)[N+]1(C(=O)[O-])CCCC1. The van der Waals surface area contributed by atoms with Gasteiger partial charge in [-0.05, 0) is 0 Å². The zero-order valence-electron chi connectivity index (χ0n) is 8.19. The van der Waals surface area contributed by atoms with Crippen molar-refractivity contribution in [2.45, 2.75) is 12.8 Å².